The largest absolute Gasteiger partial charge is 0.370 e. The molecule has 2 aliphatic rings. The Morgan fingerprint density at radius 3 is 2.56 bits per heavy atom. The van der Waals surface area contributed by atoms with E-state index in [1.807, 2.05) is 18.2 Å². The lowest BCUT2D eigenvalue weighted by atomic mass is 10.1. The summed E-state index contributed by atoms with van der Waals surface area (Å²) in [7, 11) is 0. The molecule has 3 amide bonds. The van der Waals surface area contributed by atoms with E-state index in [0.717, 1.165) is 43.9 Å². The molecule has 0 saturated carbocycles. The molecule has 2 N–H and O–H groups in total. The number of urea groups is 1. The van der Waals surface area contributed by atoms with Gasteiger partial charge in [0, 0.05) is 39.1 Å². The van der Waals surface area contributed by atoms with Crippen LogP contribution in [-0.4, -0.2) is 49.1 Å². The van der Waals surface area contributed by atoms with Gasteiger partial charge in [-0.05, 0) is 44.2 Å². The van der Waals surface area contributed by atoms with E-state index in [2.05, 4.69) is 21.6 Å². The maximum Gasteiger partial charge on any atom is 0.321 e. The molecule has 0 aliphatic carbocycles. The van der Waals surface area contributed by atoms with E-state index in [9.17, 15) is 9.59 Å². The van der Waals surface area contributed by atoms with Crippen molar-refractivity contribution in [3.8, 4) is 0 Å². The summed E-state index contributed by atoms with van der Waals surface area (Å²) in [6.45, 7) is 4.90. The van der Waals surface area contributed by atoms with Gasteiger partial charge in [-0.2, -0.15) is 0 Å². The van der Waals surface area contributed by atoms with Gasteiger partial charge in [0.15, 0.2) is 0 Å². The molecule has 1 atom stereocenters. The molecular weight excluding hydrogens is 316 g/mol. The number of nitrogens with one attached hydrogen (secondary N) is 2. The van der Waals surface area contributed by atoms with Crippen LogP contribution in [0.25, 0.3) is 0 Å². The molecule has 0 spiro atoms. The molecular formula is C19H28N4O2. The number of anilines is 2. The summed E-state index contributed by atoms with van der Waals surface area (Å²) in [6.07, 6.45) is 5.52. The van der Waals surface area contributed by atoms with Crippen molar-refractivity contribution in [1.29, 1.82) is 0 Å². The fourth-order valence-electron chi connectivity index (χ4n) is 3.75. The predicted octanol–water partition coefficient (Wildman–Crippen LogP) is 2.81. The van der Waals surface area contributed by atoms with Crippen LogP contribution in [0.5, 0.6) is 0 Å². The van der Waals surface area contributed by atoms with Gasteiger partial charge < -0.3 is 20.4 Å². The molecule has 25 heavy (non-hydrogen) atoms. The Bertz CT molecular complexity index is 613. The van der Waals surface area contributed by atoms with Crippen molar-refractivity contribution in [2.45, 2.75) is 45.1 Å². The molecule has 0 bridgehead atoms. The smallest absolute Gasteiger partial charge is 0.321 e. The van der Waals surface area contributed by atoms with Crippen LogP contribution in [0.15, 0.2) is 24.3 Å². The minimum atomic E-state index is -0.0838. The number of hydrogen-bond donors (Lipinski definition) is 2. The van der Waals surface area contributed by atoms with E-state index in [1.54, 1.807) is 4.90 Å². The lowest BCUT2D eigenvalue weighted by molar-refractivity contribution is -0.119. The lowest BCUT2D eigenvalue weighted by Crippen LogP contribution is -2.50. The fourth-order valence-corrected chi connectivity index (χ4v) is 3.75. The zero-order valence-electron chi connectivity index (χ0n) is 15.0. The third-order valence-electron chi connectivity index (χ3n) is 4.96. The molecule has 0 aromatic heterocycles. The van der Waals surface area contributed by atoms with Crippen LogP contribution in [0.4, 0.5) is 16.2 Å². The minimum absolute atomic E-state index is 0.0392. The second kappa shape index (κ2) is 8.23. The van der Waals surface area contributed by atoms with Crippen LogP contribution >= 0.6 is 0 Å². The number of benzene rings is 1. The highest BCUT2D eigenvalue weighted by Gasteiger charge is 2.25. The number of carbonyl (C=O) groups is 2. The van der Waals surface area contributed by atoms with Crippen LogP contribution in [-0.2, 0) is 4.79 Å². The molecule has 1 aromatic carbocycles. The topological polar surface area (TPSA) is 64.7 Å². The number of carbonyl (C=O) groups excluding carboxylic acids is 2. The molecule has 2 saturated heterocycles. The maximum atomic E-state index is 12.7. The highest BCUT2D eigenvalue weighted by atomic mass is 16.2. The summed E-state index contributed by atoms with van der Waals surface area (Å²) in [5.74, 6) is -0.0392. The Kier molecular flexibility index (Phi) is 5.79. The van der Waals surface area contributed by atoms with Crippen LogP contribution in [0.3, 0.4) is 0 Å². The standard InChI is InChI=1S/C19H28N4O2/c1-15(24)20-16-8-7-13-23(14-16)19(25)21-17-9-3-4-10-18(17)22-11-5-2-6-12-22/h3-4,9-10,16H,2,5-8,11-14H2,1H3,(H,20,24)(H,21,25)/t16-/m0/s1. The number of hydrogen-bond acceptors (Lipinski definition) is 3. The number of nitrogens with zero attached hydrogens (tertiary/aromatic N) is 2. The summed E-state index contributed by atoms with van der Waals surface area (Å²) >= 11 is 0. The van der Waals surface area contributed by atoms with Crippen molar-refractivity contribution in [2.24, 2.45) is 0 Å². The molecule has 0 radical (unpaired) electrons. The SMILES string of the molecule is CC(=O)N[C@H]1CCCN(C(=O)Nc2ccccc2N2CCCCC2)C1. The van der Waals surface area contributed by atoms with E-state index >= 15 is 0 Å². The molecule has 2 aliphatic heterocycles. The second-order valence-corrected chi connectivity index (χ2v) is 6.98. The number of piperidine rings is 2. The first-order valence-corrected chi connectivity index (χ1v) is 9.30. The Labute approximate surface area is 149 Å². The molecule has 2 heterocycles. The van der Waals surface area contributed by atoms with Crippen molar-refractivity contribution in [3.63, 3.8) is 0 Å². The minimum Gasteiger partial charge on any atom is -0.370 e. The lowest BCUT2D eigenvalue weighted by Gasteiger charge is -2.34. The monoisotopic (exact) mass is 344 g/mol. The average molecular weight is 344 g/mol. The predicted molar refractivity (Wildman–Crippen MR) is 99.9 cm³/mol. The van der Waals surface area contributed by atoms with E-state index in [0.29, 0.717) is 6.54 Å². The summed E-state index contributed by atoms with van der Waals surface area (Å²) in [5.41, 5.74) is 1.97. The van der Waals surface area contributed by atoms with Gasteiger partial charge in [0.2, 0.25) is 5.91 Å². The zero-order chi connectivity index (χ0) is 17.6. The average Bonchev–Trinajstić information content (AvgIpc) is 2.62. The van der Waals surface area contributed by atoms with E-state index in [4.69, 9.17) is 0 Å². The van der Waals surface area contributed by atoms with Crippen molar-refractivity contribution < 1.29 is 9.59 Å². The summed E-state index contributed by atoms with van der Waals surface area (Å²) in [6, 6.07) is 8.00. The van der Waals surface area contributed by atoms with Gasteiger partial charge in [-0.25, -0.2) is 4.79 Å². The van der Waals surface area contributed by atoms with Crippen LogP contribution in [0.1, 0.15) is 39.0 Å². The third kappa shape index (κ3) is 4.65. The summed E-state index contributed by atoms with van der Waals surface area (Å²) < 4.78 is 0. The van der Waals surface area contributed by atoms with Gasteiger partial charge >= 0.3 is 6.03 Å². The Hall–Kier alpha value is -2.24. The maximum absolute atomic E-state index is 12.7. The number of para-hydroxylation sites is 2. The van der Waals surface area contributed by atoms with Gasteiger partial charge in [0.25, 0.3) is 0 Å². The van der Waals surface area contributed by atoms with Crippen LogP contribution in [0, 0.1) is 0 Å². The summed E-state index contributed by atoms with van der Waals surface area (Å²) in [5, 5.41) is 6.01. The van der Waals surface area contributed by atoms with Gasteiger partial charge in [0.05, 0.1) is 11.4 Å². The molecule has 1 aromatic rings. The van der Waals surface area contributed by atoms with Gasteiger partial charge in [0.1, 0.15) is 0 Å². The Balaban J connectivity index is 1.65. The van der Waals surface area contributed by atoms with Crippen molar-refractivity contribution in [3.05, 3.63) is 24.3 Å². The normalized spacial score (nSPS) is 20.9. The first-order chi connectivity index (χ1) is 12.1. The number of amides is 3. The van der Waals surface area contributed by atoms with E-state index in [1.165, 1.54) is 26.2 Å². The number of rotatable bonds is 3. The zero-order valence-corrected chi connectivity index (χ0v) is 15.0. The highest BCUT2D eigenvalue weighted by molar-refractivity contribution is 5.93. The van der Waals surface area contributed by atoms with Crippen molar-refractivity contribution in [2.75, 3.05) is 36.4 Å². The number of likely N-dealkylation sites (tertiary alicyclic amines) is 1. The van der Waals surface area contributed by atoms with Gasteiger partial charge in [-0.15, -0.1) is 0 Å². The van der Waals surface area contributed by atoms with Gasteiger partial charge in [-0.1, -0.05) is 12.1 Å². The van der Waals surface area contributed by atoms with Crippen LogP contribution in [0.2, 0.25) is 0 Å². The quantitative estimate of drug-likeness (QED) is 0.886. The third-order valence-corrected chi connectivity index (χ3v) is 4.96. The van der Waals surface area contributed by atoms with Crippen LogP contribution < -0.4 is 15.5 Å². The molecule has 3 rings (SSSR count). The van der Waals surface area contributed by atoms with E-state index in [-0.39, 0.29) is 18.0 Å². The first-order valence-electron chi connectivity index (χ1n) is 9.30. The first kappa shape index (κ1) is 17.6. The fraction of sp³-hybridized carbons (Fsp3) is 0.579. The Morgan fingerprint density at radius 1 is 1.04 bits per heavy atom. The van der Waals surface area contributed by atoms with Crippen molar-refractivity contribution in [1.82, 2.24) is 10.2 Å². The van der Waals surface area contributed by atoms with Crippen molar-refractivity contribution >= 4 is 23.3 Å². The molecule has 0 unspecified atom stereocenters. The Morgan fingerprint density at radius 2 is 1.80 bits per heavy atom. The molecule has 136 valence electrons. The summed E-state index contributed by atoms with van der Waals surface area (Å²) in [4.78, 5) is 28.1. The highest BCUT2D eigenvalue weighted by Crippen LogP contribution is 2.28. The molecule has 6 nitrogen and oxygen atoms in total. The molecule has 6 heteroatoms. The molecule has 2 fully saturated rings. The van der Waals surface area contributed by atoms with E-state index < -0.39 is 0 Å². The van der Waals surface area contributed by atoms with Gasteiger partial charge in [-0.3, -0.25) is 4.79 Å². The second-order valence-electron chi connectivity index (χ2n) is 6.98.